The summed E-state index contributed by atoms with van der Waals surface area (Å²) in [4.78, 5) is 20.9. The Bertz CT molecular complexity index is 261. The third kappa shape index (κ3) is 8.07. The van der Waals surface area contributed by atoms with Gasteiger partial charge in [-0.2, -0.15) is 13.2 Å². The molecule has 94 valence electrons. The van der Waals surface area contributed by atoms with Crippen molar-refractivity contribution in [3.63, 3.8) is 0 Å². The van der Waals surface area contributed by atoms with E-state index in [1.54, 1.807) is 0 Å². The molecule has 3 N–H and O–H groups in total. The second-order valence-corrected chi connectivity index (χ2v) is 3.13. The molecular formula is C8H12F3LiN2O3. The van der Waals surface area contributed by atoms with Gasteiger partial charge in [0.15, 0.2) is 0 Å². The Morgan fingerprint density at radius 1 is 1.29 bits per heavy atom. The van der Waals surface area contributed by atoms with Gasteiger partial charge in [-0.05, 0) is 25.8 Å². The molecule has 5 nitrogen and oxygen atoms in total. The van der Waals surface area contributed by atoms with E-state index in [9.17, 15) is 27.9 Å². The van der Waals surface area contributed by atoms with Crippen LogP contribution in [0.15, 0.2) is 0 Å². The maximum Gasteiger partial charge on any atom is 1.00 e. The van der Waals surface area contributed by atoms with Gasteiger partial charge < -0.3 is 21.0 Å². The van der Waals surface area contributed by atoms with Crippen LogP contribution in [0.5, 0.6) is 0 Å². The Morgan fingerprint density at radius 2 is 1.82 bits per heavy atom. The predicted octanol–water partition coefficient (Wildman–Crippen LogP) is -4.08. The Morgan fingerprint density at radius 3 is 2.18 bits per heavy atom. The molecule has 0 aromatic rings. The van der Waals surface area contributed by atoms with Crippen molar-refractivity contribution in [3.8, 4) is 0 Å². The molecule has 0 radical (unpaired) electrons. The topological polar surface area (TPSA) is 95.2 Å². The van der Waals surface area contributed by atoms with Gasteiger partial charge in [0.1, 0.15) is 0 Å². The monoisotopic (exact) mass is 248 g/mol. The number of amides is 1. The van der Waals surface area contributed by atoms with Crippen LogP contribution >= 0.6 is 0 Å². The number of halogens is 3. The summed E-state index contributed by atoms with van der Waals surface area (Å²) in [5.74, 6) is -4.02. The van der Waals surface area contributed by atoms with Crippen LogP contribution in [0.4, 0.5) is 13.2 Å². The van der Waals surface area contributed by atoms with E-state index in [4.69, 9.17) is 5.73 Å². The summed E-state index contributed by atoms with van der Waals surface area (Å²) in [6.07, 6.45) is -4.47. The smallest absolute Gasteiger partial charge is 0.548 e. The van der Waals surface area contributed by atoms with Crippen molar-refractivity contribution in [1.29, 1.82) is 0 Å². The van der Waals surface area contributed by atoms with E-state index in [1.165, 1.54) is 5.32 Å². The minimum Gasteiger partial charge on any atom is -0.548 e. The first-order valence-electron chi connectivity index (χ1n) is 4.57. The molecular weight excluding hydrogens is 236 g/mol. The van der Waals surface area contributed by atoms with Crippen LogP contribution in [-0.2, 0) is 9.59 Å². The fourth-order valence-electron chi connectivity index (χ4n) is 0.982. The van der Waals surface area contributed by atoms with E-state index in [-0.39, 0.29) is 25.3 Å². The van der Waals surface area contributed by atoms with Crippen molar-refractivity contribution in [1.82, 2.24) is 5.32 Å². The summed E-state index contributed by atoms with van der Waals surface area (Å²) in [7, 11) is 0. The van der Waals surface area contributed by atoms with Gasteiger partial charge in [-0.3, -0.25) is 4.79 Å². The van der Waals surface area contributed by atoms with E-state index in [1.807, 2.05) is 0 Å². The zero-order valence-electron chi connectivity index (χ0n) is 9.34. The van der Waals surface area contributed by atoms with Crippen molar-refractivity contribution in [2.24, 2.45) is 5.73 Å². The Balaban J connectivity index is 0. The summed E-state index contributed by atoms with van der Waals surface area (Å²) in [5, 5.41) is 11.8. The van der Waals surface area contributed by atoms with Gasteiger partial charge in [0.2, 0.25) is 0 Å². The standard InChI is InChI=1S/C8H13F3N2O3.Li/c9-8(10,11)7(16)13-5(6(14)15)3-1-2-4-12;/h5H,1-4,12H2,(H,13,16)(H,14,15);/q;+1/p-1/t5-;/m0./s1. The second kappa shape index (κ2) is 8.39. The number of alkyl halides is 3. The summed E-state index contributed by atoms with van der Waals surface area (Å²) < 4.78 is 35.4. The van der Waals surface area contributed by atoms with Crippen molar-refractivity contribution < 1.29 is 46.7 Å². The van der Waals surface area contributed by atoms with Crippen LogP contribution in [0.2, 0.25) is 0 Å². The van der Waals surface area contributed by atoms with E-state index >= 15 is 0 Å². The number of carbonyl (C=O) groups excluding carboxylic acids is 2. The number of carboxylic acids is 1. The number of unbranched alkanes of at least 4 members (excludes halogenated alkanes) is 1. The minimum absolute atomic E-state index is 0. The molecule has 0 bridgehead atoms. The molecule has 0 saturated heterocycles. The normalized spacial score (nSPS) is 12.5. The van der Waals surface area contributed by atoms with Crippen molar-refractivity contribution in [2.75, 3.05) is 6.54 Å². The number of hydrogen-bond donors (Lipinski definition) is 2. The van der Waals surface area contributed by atoms with Crippen LogP contribution in [0.1, 0.15) is 19.3 Å². The Kier molecular flexibility index (Phi) is 9.20. The molecule has 0 saturated carbocycles. The van der Waals surface area contributed by atoms with Crippen molar-refractivity contribution >= 4 is 11.9 Å². The zero-order chi connectivity index (χ0) is 12.8. The third-order valence-electron chi connectivity index (χ3n) is 1.79. The first-order valence-corrected chi connectivity index (χ1v) is 4.57. The fourth-order valence-corrected chi connectivity index (χ4v) is 0.982. The minimum atomic E-state index is -5.10. The molecule has 0 spiro atoms. The summed E-state index contributed by atoms with van der Waals surface area (Å²) in [5.41, 5.74) is 5.13. The van der Waals surface area contributed by atoms with Gasteiger partial charge in [0, 0.05) is 0 Å². The van der Waals surface area contributed by atoms with E-state index in [0.29, 0.717) is 19.4 Å². The van der Waals surface area contributed by atoms with Gasteiger partial charge in [0.25, 0.3) is 0 Å². The third-order valence-corrected chi connectivity index (χ3v) is 1.79. The van der Waals surface area contributed by atoms with E-state index < -0.39 is 24.1 Å². The second-order valence-electron chi connectivity index (χ2n) is 3.13. The molecule has 1 amide bonds. The molecule has 0 aliphatic carbocycles. The van der Waals surface area contributed by atoms with Crippen LogP contribution in [0, 0.1) is 0 Å². The van der Waals surface area contributed by atoms with Crippen molar-refractivity contribution in [3.05, 3.63) is 0 Å². The molecule has 0 rings (SSSR count). The summed E-state index contributed by atoms with van der Waals surface area (Å²) >= 11 is 0. The molecule has 0 aliphatic rings. The number of nitrogens with two attached hydrogens (primary N) is 1. The maximum absolute atomic E-state index is 11.8. The molecule has 0 aromatic carbocycles. The molecule has 0 fully saturated rings. The van der Waals surface area contributed by atoms with E-state index in [0.717, 1.165) is 0 Å². The SMILES string of the molecule is NCCCC[C@H](NC(=O)C(F)(F)F)C(=O)[O-].[Li+]. The predicted molar refractivity (Wildman–Crippen MR) is 45.9 cm³/mol. The average molecular weight is 248 g/mol. The fraction of sp³-hybridized carbons (Fsp3) is 0.750. The van der Waals surface area contributed by atoms with Gasteiger partial charge in [-0.25, -0.2) is 0 Å². The van der Waals surface area contributed by atoms with E-state index in [2.05, 4.69) is 0 Å². The number of carboxylic acid groups (broad SMARTS) is 1. The number of aliphatic carboxylic acids is 1. The van der Waals surface area contributed by atoms with Crippen LogP contribution in [0.25, 0.3) is 0 Å². The number of nitrogens with one attached hydrogen (secondary N) is 1. The molecule has 9 heteroatoms. The van der Waals surface area contributed by atoms with Gasteiger partial charge in [-0.15, -0.1) is 0 Å². The molecule has 1 atom stereocenters. The Hall–Kier alpha value is -0.713. The van der Waals surface area contributed by atoms with Gasteiger partial charge in [-0.1, -0.05) is 0 Å². The molecule has 0 aliphatic heterocycles. The van der Waals surface area contributed by atoms with Crippen molar-refractivity contribution in [2.45, 2.75) is 31.5 Å². The molecule has 0 aromatic heterocycles. The summed E-state index contributed by atoms with van der Waals surface area (Å²) in [6, 6.07) is -1.64. The zero-order valence-corrected chi connectivity index (χ0v) is 9.34. The maximum atomic E-state index is 11.8. The molecule has 0 heterocycles. The average Bonchev–Trinajstić information content (AvgIpc) is 2.14. The van der Waals surface area contributed by atoms with Crippen LogP contribution in [-0.4, -0.2) is 30.6 Å². The van der Waals surface area contributed by atoms with Gasteiger partial charge >= 0.3 is 30.9 Å². The molecule has 0 unspecified atom stereocenters. The quantitative estimate of drug-likeness (QED) is 0.369. The number of hydrogen-bond acceptors (Lipinski definition) is 4. The number of carbonyl (C=O) groups is 2. The largest absolute Gasteiger partial charge is 1.00 e. The Labute approximate surface area is 108 Å². The van der Waals surface area contributed by atoms with Crippen LogP contribution in [0.3, 0.4) is 0 Å². The first-order chi connectivity index (χ1) is 7.29. The number of rotatable bonds is 6. The van der Waals surface area contributed by atoms with Gasteiger partial charge in [0.05, 0.1) is 12.0 Å². The first kappa shape index (κ1) is 18.6. The summed E-state index contributed by atoms with van der Waals surface area (Å²) in [6.45, 7) is 0.299. The van der Waals surface area contributed by atoms with Crippen LogP contribution < -0.4 is 35.0 Å². The molecule has 17 heavy (non-hydrogen) atoms.